The molecule has 0 N–H and O–H groups in total. The number of ketones is 2. The highest BCUT2D eigenvalue weighted by Crippen LogP contribution is 2.63. The topological polar surface area (TPSA) is 43.4 Å². The zero-order valence-electron chi connectivity index (χ0n) is 17.9. The van der Waals surface area contributed by atoms with Gasteiger partial charge in [0, 0.05) is 29.5 Å². The summed E-state index contributed by atoms with van der Waals surface area (Å²) in [4.78, 5) is 25.3. The first-order valence-corrected chi connectivity index (χ1v) is 12.9. The molecule has 31 heavy (non-hydrogen) atoms. The molecule has 4 aliphatic carbocycles. The second kappa shape index (κ2) is 8.19. The number of fused-ring (bicyclic) bond motifs is 4. The first kappa shape index (κ1) is 21.5. The normalized spacial score (nSPS) is 32.7. The number of allylic oxidation sites excluding steroid dienone is 4. The first-order valence-electron chi connectivity index (χ1n) is 11.4. The summed E-state index contributed by atoms with van der Waals surface area (Å²) < 4.78 is 5.75. The van der Waals surface area contributed by atoms with Crippen LogP contribution in [0.2, 0.25) is 0 Å². The molecule has 1 aromatic rings. The van der Waals surface area contributed by atoms with Crippen LogP contribution in [-0.2, 0) is 9.59 Å². The fourth-order valence-corrected chi connectivity index (χ4v) is 7.20. The lowest BCUT2D eigenvalue weighted by Crippen LogP contribution is -2.43. The minimum Gasteiger partial charge on any atom is -0.493 e. The zero-order chi connectivity index (χ0) is 21.8. The molecule has 5 rings (SSSR count). The van der Waals surface area contributed by atoms with Crippen LogP contribution in [0.4, 0.5) is 0 Å². The Morgan fingerprint density at radius 2 is 1.84 bits per heavy atom. The van der Waals surface area contributed by atoms with Gasteiger partial charge in [-0.05, 0) is 72.8 Å². The molecule has 1 aromatic carbocycles. The van der Waals surface area contributed by atoms with Gasteiger partial charge < -0.3 is 4.74 Å². The number of carbonyl (C=O) groups excluding carboxylic acids is 2. The Morgan fingerprint density at radius 1 is 1.06 bits per heavy atom. The number of ether oxygens (including phenoxy) is 1. The first-order chi connectivity index (χ1) is 14.9. The summed E-state index contributed by atoms with van der Waals surface area (Å²) in [5.74, 6) is 2.41. The van der Waals surface area contributed by atoms with E-state index in [-0.39, 0.29) is 17.1 Å². The molecule has 0 aromatic heterocycles. The summed E-state index contributed by atoms with van der Waals surface area (Å²) in [6.07, 6.45) is 5.70. The third-order valence-corrected chi connectivity index (χ3v) is 8.95. The Balaban J connectivity index is 1.62. The van der Waals surface area contributed by atoms with Crippen LogP contribution < -0.4 is 4.74 Å². The molecule has 4 atom stereocenters. The maximum atomic E-state index is 13.0. The molecule has 0 aliphatic heterocycles. The average molecular weight is 504 g/mol. The molecule has 2 fully saturated rings. The van der Waals surface area contributed by atoms with Gasteiger partial charge in [-0.15, -0.1) is 0 Å². The van der Waals surface area contributed by atoms with Crippen LogP contribution in [0.15, 0.2) is 46.0 Å². The molecular formula is C26H28BrClO3. The number of alkyl halides is 1. The summed E-state index contributed by atoms with van der Waals surface area (Å²) in [5, 5.41) is 1.26. The molecule has 0 saturated heterocycles. The van der Waals surface area contributed by atoms with Crippen molar-refractivity contribution in [2.45, 2.75) is 57.8 Å². The lowest BCUT2D eigenvalue weighted by Gasteiger charge is -2.50. The summed E-state index contributed by atoms with van der Waals surface area (Å²) in [5.41, 5.74) is 4.87. The van der Waals surface area contributed by atoms with E-state index in [4.69, 9.17) is 16.3 Å². The minimum absolute atomic E-state index is 0.0843. The van der Waals surface area contributed by atoms with Crippen molar-refractivity contribution in [1.82, 2.24) is 0 Å². The molecule has 4 aliphatic rings. The lowest BCUT2D eigenvalue weighted by molar-refractivity contribution is -0.128. The van der Waals surface area contributed by atoms with Crippen LogP contribution in [0.5, 0.6) is 5.75 Å². The molecule has 0 bridgehead atoms. The molecule has 0 unspecified atom stereocenters. The van der Waals surface area contributed by atoms with Crippen LogP contribution in [0.25, 0.3) is 0 Å². The SMILES string of the molecule is C[C@]12C[C@H](c3ccc(OCCBr)cc3)C3=C4CCC(=O)C(Cl)=C4CC[C@H]3[C@@H]1CCC2=O. The van der Waals surface area contributed by atoms with Crippen molar-refractivity contribution in [2.75, 3.05) is 11.9 Å². The number of carbonyl (C=O) groups is 2. The molecular weight excluding hydrogens is 476 g/mol. The summed E-state index contributed by atoms with van der Waals surface area (Å²) in [6, 6.07) is 8.41. The van der Waals surface area contributed by atoms with E-state index in [9.17, 15) is 9.59 Å². The molecule has 0 amide bonds. The predicted octanol–water partition coefficient (Wildman–Crippen LogP) is 6.50. The van der Waals surface area contributed by atoms with E-state index in [1.165, 1.54) is 16.7 Å². The summed E-state index contributed by atoms with van der Waals surface area (Å²) in [6.45, 7) is 2.84. The fourth-order valence-electron chi connectivity index (χ4n) is 6.74. The summed E-state index contributed by atoms with van der Waals surface area (Å²) in [7, 11) is 0. The monoisotopic (exact) mass is 502 g/mol. The quantitative estimate of drug-likeness (QED) is 0.441. The van der Waals surface area contributed by atoms with Crippen molar-refractivity contribution >= 4 is 39.1 Å². The maximum absolute atomic E-state index is 13.0. The van der Waals surface area contributed by atoms with Crippen LogP contribution in [0, 0.1) is 17.3 Å². The van der Waals surface area contributed by atoms with Crippen molar-refractivity contribution in [3.63, 3.8) is 0 Å². The predicted molar refractivity (Wildman–Crippen MR) is 126 cm³/mol. The average Bonchev–Trinajstić information content (AvgIpc) is 3.08. The number of halogens is 2. The van der Waals surface area contributed by atoms with Gasteiger partial charge in [0.15, 0.2) is 5.78 Å². The number of hydrogen-bond donors (Lipinski definition) is 0. The van der Waals surface area contributed by atoms with Gasteiger partial charge in [-0.3, -0.25) is 9.59 Å². The van der Waals surface area contributed by atoms with Gasteiger partial charge in [0.1, 0.15) is 11.5 Å². The molecule has 3 nitrogen and oxygen atoms in total. The van der Waals surface area contributed by atoms with E-state index >= 15 is 0 Å². The molecule has 5 heteroatoms. The number of Topliss-reactive ketones (excluding diaryl/α,β-unsaturated/α-hetero) is 2. The van der Waals surface area contributed by atoms with Crippen molar-refractivity contribution in [3.8, 4) is 5.75 Å². The Bertz CT molecular complexity index is 992. The Labute approximate surface area is 197 Å². The Hall–Kier alpha value is -1.39. The second-order valence-electron chi connectivity index (χ2n) is 9.64. The van der Waals surface area contributed by atoms with E-state index in [0.29, 0.717) is 42.1 Å². The van der Waals surface area contributed by atoms with Crippen molar-refractivity contribution in [3.05, 3.63) is 51.6 Å². The minimum atomic E-state index is -0.250. The van der Waals surface area contributed by atoms with E-state index in [2.05, 4.69) is 35.0 Å². The van der Waals surface area contributed by atoms with Crippen LogP contribution in [0.1, 0.15) is 63.4 Å². The third kappa shape index (κ3) is 3.45. The van der Waals surface area contributed by atoms with E-state index in [1.54, 1.807) is 0 Å². The highest BCUT2D eigenvalue weighted by Gasteiger charge is 2.56. The maximum Gasteiger partial charge on any atom is 0.174 e. The smallest absolute Gasteiger partial charge is 0.174 e. The number of benzene rings is 1. The Kier molecular flexibility index (Phi) is 5.67. The van der Waals surface area contributed by atoms with Gasteiger partial charge in [-0.25, -0.2) is 0 Å². The van der Waals surface area contributed by atoms with Gasteiger partial charge in [-0.1, -0.05) is 52.2 Å². The van der Waals surface area contributed by atoms with Crippen molar-refractivity contribution < 1.29 is 14.3 Å². The van der Waals surface area contributed by atoms with Crippen LogP contribution in [0.3, 0.4) is 0 Å². The largest absolute Gasteiger partial charge is 0.493 e. The van der Waals surface area contributed by atoms with Gasteiger partial charge >= 0.3 is 0 Å². The van der Waals surface area contributed by atoms with Crippen LogP contribution >= 0.6 is 27.5 Å². The standard InChI is InChI=1S/C26H28BrClO3/c1-26-14-20(15-2-4-16(5-3-15)31-13-12-27)24-17-8-10-22(29)25(28)18(17)6-7-19(24)21(26)9-11-23(26)30/h2-5,19-21H,6-14H2,1H3/t19-,20+,21-,26-/m0/s1. The highest BCUT2D eigenvalue weighted by molar-refractivity contribution is 9.09. The van der Waals surface area contributed by atoms with Crippen molar-refractivity contribution in [1.29, 1.82) is 0 Å². The van der Waals surface area contributed by atoms with Gasteiger partial charge in [-0.2, -0.15) is 0 Å². The van der Waals surface area contributed by atoms with Crippen molar-refractivity contribution in [2.24, 2.45) is 17.3 Å². The fraction of sp³-hybridized carbons (Fsp3) is 0.538. The lowest BCUT2D eigenvalue weighted by atomic mass is 9.53. The number of rotatable bonds is 4. The molecule has 0 spiro atoms. The molecule has 0 radical (unpaired) electrons. The van der Waals surface area contributed by atoms with E-state index in [0.717, 1.165) is 48.8 Å². The van der Waals surface area contributed by atoms with E-state index < -0.39 is 0 Å². The molecule has 164 valence electrons. The van der Waals surface area contributed by atoms with Gasteiger partial charge in [0.25, 0.3) is 0 Å². The van der Waals surface area contributed by atoms with E-state index in [1.807, 2.05) is 12.1 Å². The Morgan fingerprint density at radius 3 is 2.58 bits per heavy atom. The summed E-state index contributed by atoms with van der Waals surface area (Å²) >= 11 is 9.92. The highest BCUT2D eigenvalue weighted by atomic mass is 79.9. The van der Waals surface area contributed by atoms with Crippen LogP contribution in [-0.4, -0.2) is 23.5 Å². The van der Waals surface area contributed by atoms with Gasteiger partial charge in [0.05, 0.1) is 11.6 Å². The molecule has 2 saturated carbocycles. The van der Waals surface area contributed by atoms with Gasteiger partial charge in [0.2, 0.25) is 0 Å². The molecule has 0 heterocycles. The zero-order valence-corrected chi connectivity index (χ0v) is 20.2. The number of hydrogen-bond acceptors (Lipinski definition) is 3. The third-order valence-electron chi connectivity index (χ3n) is 8.18. The second-order valence-corrected chi connectivity index (χ2v) is 10.8.